The maximum atomic E-state index is 5.82. The van der Waals surface area contributed by atoms with E-state index in [2.05, 4.69) is 14.9 Å². The molecule has 19 heavy (non-hydrogen) atoms. The first-order valence-electron chi connectivity index (χ1n) is 7.76. The van der Waals surface area contributed by atoms with Crippen molar-refractivity contribution >= 4 is 0 Å². The molecule has 1 aliphatic heterocycles. The molecular formula is C15H25N3O. The fraction of sp³-hybridized carbons (Fsp3) is 0.800. The number of nitrogens with one attached hydrogen (secondary N) is 1. The summed E-state index contributed by atoms with van der Waals surface area (Å²) >= 11 is 0. The van der Waals surface area contributed by atoms with Crippen LogP contribution in [0.4, 0.5) is 0 Å². The van der Waals surface area contributed by atoms with E-state index in [-0.39, 0.29) is 6.10 Å². The molecule has 0 spiro atoms. The summed E-state index contributed by atoms with van der Waals surface area (Å²) in [5, 5.41) is 3.39. The Morgan fingerprint density at radius 1 is 1.37 bits per heavy atom. The van der Waals surface area contributed by atoms with Gasteiger partial charge in [0.05, 0.1) is 24.8 Å². The highest BCUT2D eigenvalue weighted by Crippen LogP contribution is 2.29. The molecule has 3 rings (SSSR count). The highest BCUT2D eigenvalue weighted by atomic mass is 16.5. The van der Waals surface area contributed by atoms with Crippen molar-refractivity contribution in [3.63, 3.8) is 0 Å². The lowest BCUT2D eigenvalue weighted by atomic mass is 10.0. The minimum Gasteiger partial charge on any atom is -0.369 e. The number of nitrogens with zero attached hydrogens (tertiary/aromatic N) is 2. The third-order valence-electron chi connectivity index (χ3n) is 4.49. The molecule has 1 saturated carbocycles. The minimum absolute atomic E-state index is 0.183. The molecular weight excluding hydrogens is 238 g/mol. The van der Waals surface area contributed by atoms with E-state index in [1.807, 2.05) is 12.5 Å². The van der Waals surface area contributed by atoms with Crippen LogP contribution in [-0.2, 0) is 11.3 Å². The molecule has 0 bridgehead atoms. The quantitative estimate of drug-likeness (QED) is 0.887. The van der Waals surface area contributed by atoms with Gasteiger partial charge in [0.25, 0.3) is 0 Å². The number of hydrogen-bond acceptors (Lipinski definition) is 3. The number of morpholine rings is 1. The first-order chi connectivity index (χ1) is 9.43. The average molecular weight is 263 g/mol. The predicted octanol–water partition coefficient (Wildman–Crippen LogP) is 2.51. The fourth-order valence-corrected chi connectivity index (χ4v) is 3.39. The molecule has 106 valence electrons. The summed E-state index contributed by atoms with van der Waals surface area (Å²) in [6, 6.07) is 0. The van der Waals surface area contributed by atoms with Crippen molar-refractivity contribution in [1.82, 2.24) is 14.9 Å². The van der Waals surface area contributed by atoms with Crippen LogP contribution in [-0.4, -0.2) is 29.2 Å². The molecule has 2 heterocycles. The second kappa shape index (κ2) is 6.53. The Bertz CT molecular complexity index is 378. The van der Waals surface area contributed by atoms with E-state index < -0.39 is 0 Å². The molecule has 1 aromatic rings. The summed E-state index contributed by atoms with van der Waals surface area (Å²) in [4.78, 5) is 4.30. The van der Waals surface area contributed by atoms with E-state index in [4.69, 9.17) is 4.74 Å². The molecule has 1 saturated heterocycles. The van der Waals surface area contributed by atoms with Crippen LogP contribution in [0.2, 0.25) is 0 Å². The molecule has 0 radical (unpaired) electrons. The van der Waals surface area contributed by atoms with Gasteiger partial charge in [0.15, 0.2) is 0 Å². The fourth-order valence-electron chi connectivity index (χ4n) is 3.39. The molecule has 0 aromatic carbocycles. The lowest BCUT2D eigenvalue weighted by Gasteiger charge is -2.24. The molecule has 2 fully saturated rings. The van der Waals surface area contributed by atoms with Gasteiger partial charge >= 0.3 is 0 Å². The zero-order chi connectivity index (χ0) is 12.9. The molecule has 4 heteroatoms. The van der Waals surface area contributed by atoms with E-state index in [1.54, 1.807) is 0 Å². The van der Waals surface area contributed by atoms with Crippen LogP contribution < -0.4 is 5.32 Å². The summed E-state index contributed by atoms with van der Waals surface area (Å²) < 4.78 is 8.10. The molecule has 0 amide bonds. The molecule has 1 aliphatic carbocycles. The third-order valence-corrected chi connectivity index (χ3v) is 4.49. The average Bonchev–Trinajstić information content (AvgIpc) is 3.11. The van der Waals surface area contributed by atoms with Crippen molar-refractivity contribution < 1.29 is 4.74 Å². The smallest absolute Gasteiger partial charge is 0.111 e. The maximum Gasteiger partial charge on any atom is 0.111 e. The molecule has 2 aliphatic rings. The van der Waals surface area contributed by atoms with Crippen LogP contribution in [0.25, 0.3) is 0 Å². The first-order valence-corrected chi connectivity index (χ1v) is 7.76. The van der Waals surface area contributed by atoms with Crippen LogP contribution in [0.1, 0.15) is 50.3 Å². The lowest BCUT2D eigenvalue weighted by molar-refractivity contribution is 0.0227. The Labute approximate surface area is 115 Å². The summed E-state index contributed by atoms with van der Waals surface area (Å²) in [6.45, 7) is 3.77. The molecule has 1 N–H and O–H groups in total. The van der Waals surface area contributed by atoms with Crippen molar-refractivity contribution in [3.8, 4) is 0 Å². The van der Waals surface area contributed by atoms with Gasteiger partial charge in [0, 0.05) is 19.6 Å². The van der Waals surface area contributed by atoms with E-state index in [0.717, 1.165) is 32.2 Å². The summed E-state index contributed by atoms with van der Waals surface area (Å²) in [6.07, 6.45) is 12.6. The van der Waals surface area contributed by atoms with Gasteiger partial charge in [0.1, 0.15) is 6.10 Å². The largest absolute Gasteiger partial charge is 0.369 e. The summed E-state index contributed by atoms with van der Waals surface area (Å²) in [5.41, 5.74) is 1.23. The van der Waals surface area contributed by atoms with Crippen molar-refractivity contribution in [1.29, 1.82) is 0 Å². The van der Waals surface area contributed by atoms with Gasteiger partial charge in [0.2, 0.25) is 0 Å². The minimum atomic E-state index is 0.183. The number of ether oxygens (including phenoxy) is 1. The zero-order valence-corrected chi connectivity index (χ0v) is 11.7. The number of hydrogen-bond donors (Lipinski definition) is 1. The molecule has 1 unspecified atom stereocenters. The molecule has 4 nitrogen and oxygen atoms in total. The van der Waals surface area contributed by atoms with Gasteiger partial charge in [-0.25, -0.2) is 4.98 Å². The standard InChI is InChI=1S/C15H25N3O/c1-2-5-13(4-1)6-3-8-18-12-17-10-14(18)15-11-16-7-9-19-15/h10,12-13,15-16H,1-9,11H2. The van der Waals surface area contributed by atoms with Crippen LogP contribution in [0.5, 0.6) is 0 Å². The van der Waals surface area contributed by atoms with Crippen molar-refractivity contribution in [2.75, 3.05) is 19.7 Å². The second-order valence-corrected chi connectivity index (χ2v) is 5.87. The third kappa shape index (κ3) is 3.37. The lowest BCUT2D eigenvalue weighted by Crippen LogP contribution is -2.34. The van der Waals surface area contributed by atoms with Gasteiger partial charge in [-0.1, -0.05) is 25.7 Å². The van der Waals surface area contributed by atoms with E-state index >= 15 is 0 Å². The van der Waals surface area contributed by atoms with Crippen molar-refractivity contribution in [3.05, 3.63) is 18.2 Å². The van der Waals surface area contributed by atoms with E-state index in [9.17, 15) is 0 Å². The normalized spacial score (nSPS) is 24.9. The van der Waals surface area contributed by atoms with E-state index in [0.29, 0.717) is 0 Å². The highest BCUT2D eigenvalue weighted by molar-refractivity contribution is 5.04. The Morgan fingerprint density at radius 2 is 2.26 bits per heavy atom. The molecule has 1 aromatic heterocycles. The van der Waals surface area contributed by atoms with Gasteiger partial charge in [-0.15, -0.1) is 0 Å². The van der Waals surface area contributed by atoms with Crippen LogP contribution >= 0.6 is 0 Å². The van der Waals surface area contributed by atoms with Crippen LogP contribution in [0.3, 0.4) is 0 Å². The first kappa shape index (κ1) is 13.1. The van der Waals surface area contributed by atoms with Gasteiger partial charge in [-0.3, -0.25) is 0 Å². The van der Waals surface area contributed by atoms with E-state index in [1.165, 1.54) is 44.2 Å². The second-order valence-electron chi connectivity index (χ2n) is 5.87. The number of aryl methyl sites for hydroxylation is 1. The zero-order valence-electron chi connectivity index (χ0n) is 11.7. The Balaban J connectivity index is 1.51. The maximum absolute atomic E-state index is 5.82. The molecule has 1 atom stereocenters. The van der Waals surface area contributed by atoms with Crippen LogP contribution in [0, 0.1) is 5.92 Å². The highest BCUT2D eigenvalue weighted by Gasteiger charge is 2.20. The predicted molar refractivity (Wildman–Crippen MR) is 75.0 cm³/mol. The van der Waals surface area contributed by atoms with Gasteiger partial charge < -0.3 is 14.6 Å². The van der Waals surface area contributed by atoms with Gasteiger partial charge in [-0.05, 0) is 18.8 Å². The number of rotatable bonds is 5. The Morgan fingerprint density at radius 3 is 3.05 bits per heavy atom. The Hall–Kier alpha value is -0.870. The monoisotopic (exact) mass is 263 g/mol. The van der Waals surface area contributed by atoms with Gasteiger partial charge in [-0.2, -0.15) is 0 Å². The van der Waals surface area contributed by atoms with Crippen molar-refractivity contribution in [2.24, 2.45) is 5.92 Å². The Kier molecular flexibility index (Phi) is 4.51. The number of imidazole rings is 1. The van der Waals surface area contributed by atoms with Crippen LogP contribution in [0.15, 0.2) is 12.5 Å². The summed E-state index contributed by atoms with van der Waals surface area (Å²) in [7, 11) is 0. The summed E-state index contributed by atoms with van der Waals surface area (Å²) in [5.74, 6) is 0.986. The SMILES string of the molecule is c1ncn(CCCC2CCCC2)c1C1CNCCO1. The topological polar surface area (TPSA) is 39.1 Å². The van der Waals surface area contributed by atoms with Crippen molar-refractivity contribution in [2.45, 2.75) is 51.2 Å². The number of aromatic nitrogens is 2.